The first-order chi connectivity index (χ1) is 36.2. The molecule has 0 aliphatic rings. The van der Waals surface area contributed by atoms with Crippen LogP contribution >= 0.6 is 0 Å². The smallest absolute Gasteiger partial charge is 0.119 e. The number of aromatic hydroxyl groups is 6. The molecule has 80 heavy (non-hydrogen) atoms. The number of hydrogen-bond acceptors (Lipinski definition) is 6. The number of benzene rings is 6. The molecule has 0 bridgehead atoms. The summed E-state index contributed by atoms with van der Waals surface area (Å²) in [4.78, 5) is 0. The summed E-state index contributed by atoms with van der Waals surface area (Å²) >= 11 is 0. The zero-order valence-corrected chi connectivity index (χ0v) is 54.3. The van der Waals surface area contributed by atoms with Crippen LogP contribution in [0.4, 0.5) is 0 Å². The van der Waals surface area contributed by atoms with Crippen LogP contribution in [0.5, 0.6) is 34.5 Å². The minimum absolute atomic E-state index is 0.0460. The van der Waals surface area contributed by atoms with E-state index in [1.54, 1.807) is 0 Å². The average molecular weight is 1090 g/mol. The van der Waals surface area contributed by atoms with Crippen molar-refractivity contribution < 1.29 is 30.6 Å². The van der Waals surface area contributed by atoms with Gasteiger partial charge in [0.1, 0.15) is 34.5 Å². The fourth-order valence-corrected chi connectivity index (χ4v) is 12.2. The van der Waals surface area contributed by atoms with Crippen LogP contribution in [0.15, 0.2) is 72.8 Å². The molecular formula is C74H104O6. The van der Waals surface area contributed by atoms with E-state index >= 15 is 0 Å². The number of phenols is 6. The van der Waals surface area contributed by atoms with Gasteiger partial charge in [0.15, 0.2) is 0 Å². The molecule has 0 aromatic heterocycles. The lowest BCUT2D eigenvalue weighted by Gasteiger charge is -2.31. The van der Waals surface area contributed by atoms with Gasteiger partial charge in [0.25, 0.3) is 0 Å². The first-order valence-corrected chi connectivity index (χ1v) is 29.3. The van der Waals surface area contributed by atoms with Gasteiger partial charge in [-0.25, -0.2) is 0 Å². The normalized spacial score (nSPS) is 13.7. The Hall–Kier alpha value is -5.88. The van der Waals surface area contributed by atoms with E-state index in [2.05, 4.69) is 216 Å². The van der Waals surface area contributed by atoms with Gasteiger partial charge in [-0.3, -0.25) is 0 Å². The second kappa shape index (κ2) is 23.2. The van der Waals surface area contributed by atoms with Gasteiger partial charge in [-0.1, -0.05) is 175 Å². The number of aryl methyl sites for hydroxylation is 6. The van der Waals surface area contributed by atoms with Gasteiger partial charge in [0.2, 0.25) is 0 Å². The first kappa shape index (κ1) is 64.9. The van der Waals surface area contributed by atoms with Crippen molar-refractivity contribution in [1.82, 2.24) is 0 Å². The third kappa shape index (κ3) is 14.6. The molecule has 0 radical (unpaired) electrons. The fraction of sp³-hybridized carbons (Fsp3) is 0.514. The van der Waals surface area contributed by atoms with Gasteiger partial charge in [-0.2, -0.15) is 0 Å². The molecule has 6 N–H and O–H groups in total. The Morgan fingerprint density at radius 1 is 0.250 bits per heavy atom. The summed E-state index contributed by atoms with van der Waals surface area (Å²) in [5, 5.41) is 65.2. The van der Waals surface area contributed by atoms with Crippen molar-refractivity contribution in [3.8, 4) is 34.5 Å². The van der Waals surface area contributed by atoms with Crippen molar-refractivity contribution in [3.63, 3.8) is 0 Å². The molecule has 0 aliphatic heterocycles. The lowest BCUT2D eigenvalue weighted by molar-refractivity contribution is 0.442. The molecule has 436 valence electrons. The highest BCUT2D eigenvalue weighted by atomic mass is 16.3. The van der Waals surface area contributed by atoms with Gasteiger partial charge in [0.05, 0.1) is 0 Å². The Morgan fingerprint density at radius 3 is 0.537 bits per heavy atom. The average Bonchev–Trinajstić information content (AvgIpc) is 3.25. The van der Waals surface area contributed by atoms with Gasteiger partial charge >= 0.3 is 0 Å². The maximum Gasteiger partial charge on any atom is 0.119 e. The lowest BCUT2D eigenvalue weighted by Crippen LogP contribution is -2.17. The van der Waals surface area contributed by atoms with Crippen LogP contribution in [0.1, 0.15) is 275 Å². The summed E-state index contributed by atoms with van der Waals surface area (Å²) < 4.78 is 0. The van der Waals surface area contributed by atoms with Crippen LogP contribution in [0.2, 0.25) is 0 Å². The van der Waals surface area contributed by atoms with E-state index in [1.807, 2.05) is 36.4 Å². The van der Waals surface area contributed by atoms with Gasteiger partial charge < -0.3 is 30.6 Å². The van der Waals surface area contributed by atoms with Crippen molar-refractivity contribution in [2.24, 2.45) is 0 Å². The summed E-state index contributed by atoms with van der Waals surface area (Å²) in [5.41, 5.74) is 18.2. The van der Waals surface area contributed by atoms with Crippen LogP contribution < -0.4 is 0 Å². The molecule has 6 aromatic carbocycles. The molecule has 6 rings (SSSR count). The summed E-state index contributed by atoms with van der Waals surface area (Å²) in [6.45, 7) is 55.5. The molecule has 6 nitrogen and oxygen atoms in total. The standard InChI is InChI=1S/2C37H52O3/c2*1-21(25-18-29(35(5,6)7)32(38)15-22(25)2)14-28(26-19-30(36(8,9)10)33(39)16-23(26)3)27-20-31(37(11,12)13)34(40)17-24(27)4/h2*15-21,28,38-40H,14H2,1-13H3. The molecule has 0 saturated heterocycles. The molecule has 6 heteroatoms. The molecule has 0 aliphatic carbocycles. The monoisotopic (exact) mass is 1090 g/mol. The Kier molecular flexibility index (Phi) is 18.8. The van der Waals surface area contributed by atoms with E-state index in [1.165, 1.54) is 33.4 Å². The Labute approximate surface area is 484 Å². The molecule has 0 fully saturated rings. The highest BCUT2D eigenvalue weighted by Gasteiger charge is 2.33. The molecule has 0 heterocycles. The highest BCUT2D eigenvalue weighted by molar-refractivity contribution is 5.56. The molecule has 2 atom stereocenters. The van der Waals surface area contributed by atoms with E-state index in [-0.39, 0.29) is 56.2 Å². The lowest BCUT2D eigenvalue weighted by atomic mass is 9.74. The third-order valence-corrected chi connectivity index (χ3v) is 16.9. The highest BCUT2D eigenvalue weighted by Crippen LogP contribution is 2.48. The quantitative estimate of drug-likeness (QED) is 0.0813. The van der Waals surface area contributed by atoms with E-state index in [0.29, 0.717) is 34.5 Å². The van der Waals surface area contributed by atoms with Crippen LogP contribution in [-0.4, -0.2) is 30.6 Å². The molecule has 6 aromatic rings. The maximum absolute atomic E-state index is 10.9. The topological polar surface area (TPSA) is 121 Å². The van der Waals surface area contributed by atoms with E-state index in [9.17, 15) is 30.6 Å². The fourth-order valence-electron chi connectivity index (χ4n) is 12.2. The summed E-state index contributed by atoms with van der Waals surface area (Å²) in [7, 11) is 0. The Bertz CT molecular complexity index is 2860. The zero-order valence-electron chi connectivity index (χ0n) is 54.3. The molecule has 0 amide bonds. The largest absolute Gasteiger partial charge is 0.508 e. The number of rotatable bonds is 10. The van der Waals surface area contributed by atoms with Gasteiger partial charge in [-0.05, 0) is 235 Å². The molecule has 0 spiro atoms. The third-order valence-electron chi connectivity index (χ3n) is 16.9. The summed E-state index contributed by atoms with van der Waals surface area (Å²) in [5.74, 6) is 2.54. The van der Waals surface area contributed by atoms with E-state index < -0.39 is 0 Å². The van der Waals surface area contributed by atoms with Gasteiger partial charge in [0, 0.05) is 11.8 Å². The summed E-state index contributed by atoms with van der Waals surface area (Å²) in [6.07, 6.45) is 1.69. The van der Waals surface area contributed by atoms with E-state index in [4.69, 9.17) is 0 Å². The van der Waals surface area contributed by atoms with E-state index in [0.717, 1.165) is 79.6 Å². The maximum atomic E-state index is 10.9. The number of phenolic OH excluding ortho intramolecular Hbond substituents is 6. The number of hydrogen-bond donors (Lipinski definition) is 6. The minimum atomic E-state index is -0.210. The molecular weight excluding hydrogens is 985 g/mol. The van der Waals surface area contributed by atoms with Crippen molar-refractivity contribution in [2.75, 3.05) is 0 Å². The summed E-state index contributed by atoms with van der Waals surface area (Å²) in [6, 6.07) is 24.7. The van der Waals surface area contributed by atoms with Crippen LogP contribution in [0.25, 0.3) is 0 Å². The van der Waals surface area contributed by atoms with Crippen molar-refractivity contribution >= 4 is 0 Å². The minimum Gasteiger partial charge on any atom is -0.508 e. The predicted molar refractivity (Wildman–Crippen MR) is 339 cm³/mol. The van der Waals surface area contributed by atoms with Crippen molar-refractivity contribution in [2.45, 2.75) is 249 Å². The first-order valence-electron chi connectivity index (χ1n) is 29.3. The molecule has 0 saturated carbocycles. The Morgan fingerprint density at radius 2 is 0.388 bits per heavy atom. The predicted octanol–water partition coefficient (Wildman–Crippen LogP) is 19.9. The van der Waals surface area contributed by atoms with Crippen molar-refractivity contribution in [1.29, 1.82) is 0 Å². The zero-order chi connectivity index (χ0) is 61.1. The second-order valence-electron chi connectivity index (χ2n) is 30.2. The SMILES string of the molecule is Cc1cc(O)c(C(C)(C)C)cc1C(C)CC(c1cc(C(C)(C)C)c(O)cc1C)c1cc(C(C)(C)C)c(O)cc1C.Cc1cc(O)c(C(C)(C)C)cc1C(C)CC(c1cc(C(C)(C)C)c(O)cc1C)c1cc(C(C)(C)C)c(O)cc1C. The van der Waals surface area contributed by atoms with Crippen LogP contribution in [-0.2, 0) is 32.5 Å². The van der Waals surface area contributed by atoms with Crippen LogP contribution in [0, 0.1) is 41.5 Å². The molecule has 2 unspecified atom stereocenters. The second-order valence-corrected chi connectivity index (χ2v) is 30.2. The van der Waals surface area contributed by atoms with Crippen LogP contribution in [0.3, 0.4) is 0 Å². The Balaban J connectivity index is 0.000000294. The van der Waals surface area contributed by atoms with Crippen molar-refractivity contribution in [3.05, 3.63) is 173 Å². The van der Waals surface area contributed by atoms with Gasteiger partial charge in [-0.15, -0.1) is 0 Å².